The van der Waals surface area contributed by atoms with Gasteiger partial charge in [0.05, 0.1) is 6.61 Å². The second-order valence-electron chi connectivity index (χ2n) is 3.33. The van der Waals surface area contributed by atoms with Gasteiger partial charge in [0.15, 0.2) is 0 Å². The second kappa shape index (κ2) is 3.47. The Hall–Kier alpha value is -1.59. The number of hydrogen-bond donors (Lipinski definition) is 0. The summed E-state index contributed by atoms with van der Waals surface area (Å²) in [5, 5.41) is 6.22. The highest BCUT2D eigenvalue weighted by molar-refractivity contribution is 5.35. The van der Waals surface area contributed by atoms with E-state index in [4.69, 9.17) is 4.74 Å². The molecule has 6 heteroatoms. The molecule has 86 valence electrons. The van der Waals surface area contributed by atoms with E-state index in [2.05, 4.69) is 10.2 Å². The molecule has 0 saturated heterocycles. The smallest absolute Gasteiger partial charge is 0.442 e. The molecule has 0 N–H and O–H groups in total. The summed E-state index contributed by atoms with van der Waals surface area (Å²) in [6, 6.07) is 5.63. The molecule has 1 aromatic rings. The maximum Gasteiger partial charge on any atom is 0.442 e. The topological polar surface area (TPSA) is 34.0 Å². The van der Waals surface area contributed by atoms with Crippen molar-refractivity contribution in [1.82, 2.24) is 0 Å². The summed E-state index contributed by atoms with van der Waals surface area (Å²) in [7, 11) is 0. The van der Waals surface area contributed by atoms with Gasteiger partial charge in [0.25, 0.3) is 0 Å². The van der Waals surface area contributed by atoms with Gasteiger partial charge >= 0.3 is 11.8 Å². The zero-order valence-corrected chi connectivity index (χ0v) is 8.45. The minimum absolute atomic E-state index is 0.0171. The van der Waals surface area contributed by atoms with Gasteiger partial charge in [-0.15, -0.1) is 10.2 Å². The predicted octanol–water partition coefficient (Wildman–Crippen LogP) is 3.27. The Morgan fingerprint density at radius 1 is 1.19 bits per heavy atom. The summed E-state index contributed by atoms with van der Waals surface area (Å²) >= 11 is 0. The molecule has 0 aliphatic carbocycles. The third kappa shape index (κ3) is 1.64. The number of halogens is 3. The van der Waals surface area contributed by atoms with Crippen LogP contribution in [0.15, 0.2) is 34.5 Å². The van der Waals surface area contributed by atoms with Crippen LogP contribution >= 0.6 is 0 Å². The molecule has 0 atom stereocenters. The van der Waals surface area contributed by atoms with Crippen LogP contribution in [0.25, 0.3) is 0 Å². The van der Waals surface area contributed by atoms with Crippen molar-refractivity contribution in [3.05, 3.63) is 29.8 Å². The first-order valence-corrected chi connectivity index (χ1v) is 4.74. The van der Waals surface area contributed by atoms with Gasteiger partial charge < -0.3 is 4.74 Å². The van der Waals surface area contributed by atoms with Crippen molar-refractivity contribution >= 4 is 0 Å². The van der Waals surface area contributed by atoms with Crippen molar-refractivity contribution < 1.29 is 17.9 Å². The maximum absolute atomic E-state index is 12.6. The summed E-state index contributed by atoms with van der Waals surface area (Å²) in [5.74, 6) is 0.532. The first-order valence-electron chi connectivity index (χ1n) is 4.74. The molecule has 0 unspecified atom stereocenters. The van der Waals surface area contributed by atoms with E-state index >= 15 is 0 Å². The standard InChI is InChI=1S/C10H9F3N2O/c1-2-16-8-5-3-7(4-6-8)9(14-15-9)10(11,12)13/h3-6H,2H2,1H3. The van der Waals surface area contributed by atoms with E-state index in [1.807, 2.05) is 0 Å². The highest BCUT2D eigenvalue weighted by Crippen LogP contribution is 2.52. The lowest BCUT2D eigenvalue weighted by atomic mass is 10.0. The van der Waals surface area contributed by atoms with Gasteiger partial charge in [-0.1, -0.05) is 12.1 Å². The summed E-state index contributed by atoms with van der Waals surface area (Å²) in [5.41, 5.74) is -2.32. The van der Waals surface area contributed by atoms with Crippen molar-refractivity contribution in [2.45, 2.75) is 18.8 Å². The molecule has 0 amide bonds. The van der Waals surface area contributed by atoms with E-state index in [0.717, 1.165) is 0 Å². The average Bonchev–Trinajstić information content (AvgIpc) is 2.99. The third-order valence-electron chi connectivity index (χ3n) is 2.26. The molecule has 0 aromatic heterocycles. The van der Waals surface area contributed by atoms with Crippen molar-refractivity contribution in [1.29, 1.82) is 0 Å². The lowest BCUT2D eigenvalue weighted by Gasteiger charge is -2.14. The number of ether oxygens (including phenoxy) is 1. The predicted molar refractivity (Wildman–Crippen MR) is 50.2 cm³/mol. The zero-order chi connectivity index (χ0) is 11.8. The Kier molecular flexibility index (Phi) is 2.36. The molecule has 0 fully saturated rings. The Labute approximate surface area is 89.9 Å². The van der Waals surface area contributed by atoms with Crippen LogP contribution in [-0.4, -0.2) is 12.8 Å². The normalized spacial score (nSPS) is 17.2. The van der Waals surface area contributed by atoms with Crippen LogP contribution in [0.1, 0.15) is 12.5 Å². The van der Waals surface area contributed by atoms with Crippen molar-refractivity contribution in [2.24, 2.45) is 10.2 Å². The SMILES string of the molecule is CCOc1ccc(C2(C(F)(F)F)N=N2)cc1. The average molecular weight is 230 g/mol. The number of benzene rings is 1. The Balaban J connectivity index is 2.23. The third-order valence-corrected chi connectivity index (χ3v) is 2.26. The van der Waals surface area contributed by atoms with Gasteiger partial charge in [0.1, 0.15) is 5.75 Å². The summed E-state index contributed by atoms with van der Waals surface area (Å²) in [6.45, 7) is 2.27. The quantitative estimate of drug-likeness (QED) is 0.784. The minimum Gasteiger partial charge on any atom is -0.494 e. The first-order chi connectivity index (χ1) is 7.49. The molecule has 1 heterocycles. The van der Waals surface area contributed by atoms with E-state index in [0.29, 0.717) is 12.4 Å². The molecule has 0 bridgehead atoms. The molecule has 1 aliphatic rings. The molecule has 0 saturated carbocycles. The van der Waals surface area contributed by atoms with Gasteiger partial charge in [-0.2, -0.15) is 13.2 Å². The summed E-state index contributed by atoms with van der Waals surface area (Å²) < 4.78 is 43.0. The van der Waals surface area contributed by atoms with Crippen LogP contribution in [0.5, 0.6) is 5.75 Å². The minimum atomic E-state index is -4.47. The lowest BCUT2D eigenvalue weighted by molar-refractivity contribution is -0.166. The molecule has 1 aromatic carbocycles. The maximum atomic E-state index is 12.6. The molecule has 2 rings (SSSR count). The number of alkyl halides is 3. The van der Waals surface area contributed by atoms with E-state index in [-0.39, 0.29) is 5.56 Å². The largest absolute Gasteiger partial charge is 0.494 e. The Bertz CT molecular complexity index is 405. The van der Waals surface area contributed by atoms with Gasteiger partial charge in [0.2, 0.25) is 0 Å². The fourth-order valence-electron chi connectivity index (χ4n) is 1.39. The fraction of sp³-hybridized carbons (Fsp3) is 0.400. The summed E-state index contributed by atoms with van der Waals surface area (Å²) in [4.78, 5) is 0. The molecule has 1 aliphatic heterocycles. The first kappa shape index (κ1) is 10.9. The number of nitrogens with zero attached hydrogens (tertiary/aromatic N) is 2. The van der Waals surface area contributed by atoms with Gasteiger partial charge in [-0.25, -0.2) is 0 Å². The van der Waals surface area contributed by atoms with Crippen LogP contribution in [0.3, 0.4) is 0 Å². The van der Waals surface area contributed by atoms with Gasteiger partial charge in [-0.05, 0) is 19.1 Å². The molecular formula is C10H9F3N2O. The van der Waals surface area contributed by atoms with Crippen LogP contribution in [-0.2, 0) is 5.66 Å². The van der Waals surface area contributed by atoms with Crippen LogP contribution in [0.4, 0.5) is 13.2 Å². The molecular weight excluding hydrogens is 221 g/mol. The van der Waals surface area contributed by atoms with Gasteiger partial charge in [0, 0.05) is 5.56 Å². The monoisotopic (exact) mass is 230 g/mol. The fourth-order valence-corrected chi connectivity index (χ4v) is 1.39. The van der Waals surface area contributed by atoms with E-state index in [9.17, 15) is 13.2 Å². The molecule has 3 nitrogen and oxygen atoms in total. The zero-order valence-electron chi connectivity index (χ0n) is 8.45. The van der Waals surface area contributed by atoms with E-state index in [1.54, 1.807) is 6.92 Å². The number of hydrogen-bond acceptors (Lipinski definition) is 3. The Morgan fingerprint density at radius 3 is 2.12 bits per heavy atom. The van der Waals surface area contributed by atoms with E-state index < -0.39 is 11.8 Å². The van der Waals surface area contributed by atoms with Crippen LogP contribution < -0.4 is 4.74 Å². The number of rotatable bonds is 3. The van der Waals surface area contributed by atoms with Crippen LogP contribution in [0.2, 0.25) is 0 Å². The second-order valence-corrected chi connectivity index (χ2v) is 3.33. The molecule has 16 heavy (non-hydrogen) atoms. The van der Waals surface area contributed by atoms with Crippen molar-refractivity contribution in [3.8, 4) is 5.75 Å². The van der Waals surface area contributed by atoms with Gasteiger partial charge in [-0.3, -0.25) is 0 Å². The van der Waals surface area contributed by atoms with Crippen molar-refractivity contribution in [2.75, 3.05) is 6.61 Å². The highest BCUT2D eigenvalue weighted by atomic mass is 19.4. The molecule has 0 radical (unpaired) electrons. The van der Waals surface area contributed by atoms with Crippen molar-refractivity contribution in [3.63, 3.8) is 0 Å². The Morgan fingerprint density at radius 2 is 1.75 bits per heavy atom. The van der Waals surface area contributed by atoms with E-state index in [1.165, 1.54) is 24.3 Å². The lowest BCUT2D eigenvalue weighted by Crippen LogP contribution is -2.29. The molecule has 0 spiro atoms. The highest BCUT2D eigenvalue weighted by Gasteiger charge is 2.65. The van der Waals surface area contributed by atoms with Crippen LogP contribution in [0, 0.1) is 0 Å². The summed E-state index contributed by atoms with van der Waals surface area (Å²) in [6.07, 6.45) is -4.47.